The Morgan fingerprint density at radius 3 is 2.25 bits per heavy atom. The Kier molecular flexibility index (Phi) is 5.13. The third-order valence-corrected chi connectivity index (χ3v) is 5.80. The molecule has 2 nitrogen and oxygen atoms in total. The quantitative estimate of drug-likeness (QED) is 0.502. The standard InChI is InChI=1S/C26H28O2/c1-17(2)22-15-10-18(3)26-25(22)23(19-11-13-21(27-4)14-12-19)16-24(28-26)20-8-6-5-7-9-20/h5-15,17,23-24H,16H2,1-4H3. The SMILES string of the molecule is COc1ccc(C2CC(c3ccccc3)Oc3c(C)ccc(C(C)C)c32)cc1. The molecule has 4 rings (SSSR count). The van der Waals surface area contributed by atoms with Gasteiger partial charge in [-0.3, -0.25) is 0 Å². The van der Waals surface area contributed by atoms with Gasteiger partial charge in [0.05, 0.1) is 7.11 Å². The van der Waals surface area contributed by atoms with E-state index in [2.05, 4.69) is 87.5 Å². The van der Waals surface area contributed by atoms with Crippen LogP contribution in [0, 0.1) is 6.92 Å². The third kappa shape index (κ3) is 3.40. The van der Waals surface area contributed by atoms with E-state index in [0.29, 0.717) is 11.8 Å². The van der Waals surface area contributed by atoms with Crippen molar-refractivity contribution in [2.45, 2.75) is 45.1 Å². The molecule has 2 unspecified atom stereocenters. The molecule has 0 bridgehead atoms. The molecule has 0 amide bonds. The van der Waals surface area contributed by atoms with Crippen LogP contribution >= 0.6 is 0 Å². The number of ether oxygens (including phenoxy) is 2. The minimum atomic E-state index is 0.0573. The Morgan fingerprint density at radius 2 is 1.61 bits per heavy atom. The van der Waals surface area contributed by atoms with E-state index in [-0.39, 0.29) is 6.10 Å². The molecular weight excluding hydrogens is 344 g/mol. The molecule has 2 atom stereocenters. The summed E-state index contributed by atoms with van der Waals surface area (Å²) >= 11 is 0. The van der Waals surface area contributed by atoms with Crippen LogP contribution in [0.15, 0.2) is 66.7 Å². The maximum absolute atomic E-state index is 6.61. The first-order valence-electron chi connectivity index (χ1n) is 10.1. The smallest absolute Gasteiger partial charge is 0.127 e. The Balaban J connectivity index is 1.86. The van der Waals surface area contributed by atoms with Gasteiger partial charge < -0.3 is 9.47 Å². The zero-order valence-corrected chi connectivity index (χ0v) is 17.1. The van der Waals surface area contributed by atoms with E-state index in [1.165, 1.54) is 27.8 Å². The van der Waals surface area contributed by atoms with Crippen LogP contribution in [0.1, 0.15) is 66.0 Å². The van der Waals surface area contributed by atoms with Crippen molar-refractivity contribution in [3.8, 4) is 11.5 Å². The van der Waals surface area contributed by atoms with Crippen LogP contribution < -0.4 is 9.47 Å². The van der Waals surface area contributed by atoms with Gasteiger partial charge >= 0.3 is 0 Å². The predicted octanol–water partition coefficient (Wildman–Crippen LogP) is 6.78. The molecule has 1 aliphatic rings. The van der Waals surface area contributed by atoms with Crippen LogP contribution in [-0.4, -0.2) is 7.11 Å². The summed E-state index contributed by atoms with van der Waals surface area (Å²) in [5, 5.41) is 0. The molecule has 0 radical (unpaired) electrons. The van der Waals surface area contributed by atoms with Crippen LogP contribution in [0.3, 0.4) is 0 Å². The van der Waals surface area contributed by atoms with Gasteiger partial charge in [0.1, 0.15) is 17.6 Å². The highest BCUT2D eigenvalue weighted by Gasteiger charge is 2.33. The van der Waals surface area contributed by atoms with E-state index in [0.717, 1.165) is 17.9 Å². The lowest BCUT2D eigenvalue weighted by Crippen LogP contribution is -2.22. The van der Waals surface area contributed by atoms with E-state index >= 15 is 0 Å². The molecule has 3 aromatic rings. The number of hydrogen-bond donors (Lipinski definition) is 0. The summed E-state index contributed by atoms with van der Waals surface area (Å²) in [6.45, 7) is 6.68. The number of benzene rings is 3. The highest BCUT2D eigenvalue weighted by Crippen LogP contribution is 2.49. The molecular formula is C26H28O2. The van der Waals surface area contributed by atoms with Crippen molar-refractivity contribution in [1.82, 2.24) is 0 Å². The normalized spacial score (nSPS) is 18.5. The minimum Gasteiger partial charge on any atom is -0.497 e. The lowest BCUT2D eigenvalue weighted by atomic mass is 9.77. The number of methoxy groups -OCH3 is 1. The summed E-state index contributed by atoms with van der Waals surface area (Å²) in [5.41, 5.74) is 6.50. The Labute approximate surface area is 168 Å². The monoisotopic (exact) mass is 372 g/mol. The fraction of sp³-hybridized carbons (Fsp3) is 0.308. The number of aryl methyl sites for hydroxylation is 1. The highest BCUT2D eigenvalue weighted by molar-refractivity contribution is 5.54. The van der Waals surface area contributed by atoms with Gasteiger partial charge in [-0.2, -0.15) is 0 Å². The van der Waals surface area contributed by atoms with Gasteiger partial charge in [0.15, 0.2) is 0 Å². The van der Waals surface area contributed by atoms with Crippen LogP contribution in [0.5, 0.6) is 11.5 Å². The molecule has 144 valence electrons. The van der Waals surface area contributed by atoms with Crippen molar-refractivity contribution < 1.29 is 9.47 Å². The third-order valence-electron chi connectivity index (χ3n) is 5.80. The first-order chi connectivity index (χ1) is 13.6. The summed E-state index contributed by atoms with van der Waals surface area (Å²) < 4.78 is 12.0. The largest absolute Gasteiger partial charge is 0.497 e. The van der Waals surface area contributed by atoms with E-state index in [1.807, 2.05) is 0 Å². The molecule has 3 aromatic carbocycles. The van der Waals surface area contributed by atoms with Crippen molar-refractivity contribution in [3.05, 3.63) is 94.5 Å². The van der Waals surface area contributed by atoms with Gasteiger partial charge in [-0.1, -0.05) is 68.4 Å². The topological polar surface area (TPSA) is 18.5 Å². The van der Waals surface area contributed by atoms with Crippen molar-refractivity contribution in [2.75, 3.05) is 7.11 Å². The van der Waals surface area contributed by atoms with Crippen molar-refractivity contribution in [2.24, 2.45) is 0 Å². The first-order valence-corrected chi connectivity index (χ1v) is 10.1. The van der Waals surface area contributed by atoms with Gasteiger partial charge in [-0.05, 0) is 53.6 Å². The minimum absolute atomic E-state index is 0.0573. The molecule has 0 saturated carbocycles. The van der Waals surface area contributed by atoms with Gasteiger partial charge in [0.25, 0.3) is 0 Å². The maximum Gasteiger partial charge on any atom is 0.127 e. The molecule has 28 heavy (non-hydrogen) atoms. The molecule has 0 aromatic heterocycles. The van der Waals surface area contributed by atoms with Crippen molar-refractivity contribution >= 4 is 0 Å². The van der Waals surface area contributed by atoms with Crippen LogP contribution in [0.2, 0.25) is 0 Å². The van der Waals surface area contributed by atoms with E-state index in [1.54, 1.807) is 7.11 Å². The molecule has 0 spiro atoms. The summed E-state index contributed by atoms with van der Waals surface area (Å²) in [6.07, 6.45) is 0.994. The second kappa shape index (κ2) is 7.71. The second-order valence-corrected chi connectivity index (χ2v) is 7.95. The van der Waals surface area contributed by atoms with E-state index in [4.69, 9.17) is 9.47 Å². The van der Waals surface area contributed by atoms with Crippen LogP contribution in [-0.2, 0) is 0 Å². The molecule has 1 aliphatic heterocycles. The molecule has 2 heteroatoms. The van der Waals surface area contributed by atoms with E-state index < -0.39 is 0 Å². The first kappa shape index (κ1) is 18.6. The molecule has 0 aliphatic carbocycles. The number of fused-ring (bicyclic) bond motifs is 1. The van der Waals surface area contributed by atoms with Gasteiger partial charge in [-0.25, -0.2) is 0 Å². The average molecular weight is 373 g/mol. The van der Waals surface area contributed by atoms with Gasteiger partial charge in [-0.15, -0.1) is 0 Å². The van der Waals surface area contributed by atoms with Gasteiger partial charge in [0, 0.05) is 11.5 Å². The molecule has 1 heterocycles. The number of rotatable bonds is 4. The summed E-state index contributed by atoms with van der Waals surface area (Å²) in [5.74, 6) is 2.71. The van der Waals surface area contributed by atoms with Crippen molar-refractivity contribution in [3.63, 3.8) is 0 Å². The number of hydrogen-bond acceptors (Lipinski definition) is 2. The summed E-state index contributed by atoms with van der Waals surface area (Å²) in [4.78, 5) is 0. The maximum atomic E-state index is 6.61. The predicted molar refractivity (Wildman–Crippen MR) is 115 cm³/mol. The molecule has 0 fully saturated rings. The Hall–Kier alpha value is -2.74. The van der Waals surface area contributed by atoms with Crippen LogP contribution in [0.4, 0.5) is 0 Å². The highest BCUT2D eigenvalue weighted by atomic mass is 16.5. The Morgan fingerprint density at radius 1 is 0.893 bits per heavy atom. The Bertz CT molecular complexity index is 942. The average Bonchev–Trinajstić information content (AvgIpc) is 2.74. The van der Waals surface area contributed by atoms with E-state index in [9.17, 15) is 0 Å². The molecule has 0 N–H and O–H groups in total. The lowest BCUT2D eigenvalue weighted by Gasteiger charge is -2.36. The fourth-order valence-corrected chi connectivity index (χ4v) is 4.28. The fourth-order valence-electron chi connectivity index (χ4n) is 4.28. The van der Waals surface area contributed by atoms with Crippen LogP contribution in [0.25, 0.3) is 0 Å². The lowest BCUT2D eigenvalue weighted by molar-refractivity contribution is 0.165. The second-order valence-electron chi connectivity index (χ2n) is 7.95. The van der Waals surface area contributed by atoms with Gasteiger partial charge in [0.2, 0.25) is 0 Å². The summed E-state index contributed by atoms with van der Waals surface area (Å²) in [7, 11) is 1.71. The summed E-state index contributed by atoms with van der Waals surface area (Å²) in [6, 6.07) is 23.6. The van der Waals surface area contributed by atoms with Crippen molar-refractivity contribution in [1.29, 1.82) is 0 Å². The zero-order chi connectivity index (χ0) is 19.7. The zero-order valence-electron chi connectivity index (χ0n) is 17.1. The molecule has 0 saturated heterocycles.